The van der Waals surface area contributed by atoms with Crippen LogP contribution in [0.3, 0.4) is 0 Å². The minimum Gasteiger partial charge on any atom is -0.459 e. The molecular formula is C35H44N5O6P. The Kier molecular flexibility index (Phi) is 10.2. The normalized spacial score (nSPS) is 14.8. The van der Waals surface area contributed by atoms with Gasteiger partial charge in [0.2, 0.25) is 0 Å². The van der Waals surface area contributed by atoms with E-state index >= 15 is 0 Å². The number of anilines is 1. The number of para-hydroxylation sites is 1. The molecule has 0 radical (unpaired) electrons. The lowest BCUT2D eigenvalue weighted by molar-refractivity contribution is -0.158. The van der Waals surface area contributed by atoms with Crippen LogP contribution in [-0.4, -0.2) is 44.9 Å². The summed E-state index contributed by atoms with van der Waals surface area (Å²) in [6.45, 7) is 13.7. The molecule has 250 valence electrons. The van der Waals surface area contributed by atoms with Crippen molar-refractivity contribution in [1.29, 1.82) is 0 Å². The SMILES string of the molecule is CCOCc1nc2c(N)nc3ccccc3c2n1C[C@@H](C)OP(=O)(N[C@H](C(=O)OC(C)(C)C)C(C)C)Oc1cccc2ccccc12. The van der Waals surface area contributed by atoms with Crippen LogP contribution in [0.2, 0.25) is 0 Å². The van der Waals surface area contributed by atoms with E-state index in [4.69, 9.17) is 29.2 Å². The van der Waals surface area contributed by atoms with Crippen LogP contribution >= 0.6 is 7.75 Å². The van der Waals surface area contributed by atoms with E-state index in [0.29, 0.717) is 29.5 Å². The van der Waals surface area contributed by atoms with Crippen molar-refractivity contribution in [1.82, 2.24) is 19.6 Å². The third-order valence-electron chi connectivity index (χ3n) is 7.48. The van der Waals surface area contributed by atoms with Crippen LogP contribution in [0.5, 0.6) is 5.75 Å². The van der Waals surface area contributed by atoms with Crippen molar-refractivity contribution in [2.45, 2.75) is 79.4 Å². The summed E-state index contributed by atoms with van der Waals surface area (Å²) >= 11 is 0. The van der Waals surface area contributed by atoms with E-state index in [1.54, 1.807) is 33.8 Å². The van der Waals surface area contributed by atoms with Crippen molar-refractivity contribution in [2.24, 2.45) is 5.92 Å². The van der Waals surface area contributed by atoms with Crippen molar-refractivity contribution < 1.29 is 27.9 Å². The molecule has 0 bridgehead atoms. The van der Waals surface area contributed by atoms with Crippen molar-refractivity contribution in [3.63, 3.8) is 0 Å². The van der Waals surface area contributed by atoms with Gasteiger partial charge < -0.3 is 24.3 Å². The Balaban J connectivity index is 1.55. The van der Waals surface area contributed by atoms with E-state index in [2.05, 4.69) is 10.1 Å². The van der Waals surface area contributed by atoms with Crippen molar-refractivity contribution in [3.05, 3.63) is 72.6 Å². The van der Waals surface area contributed by atoms with Gasteiger partial charge in [0, 0.05) is 17.4 Å². The average Bonchev–Trinajstić information content (AvgIpc) is 3.36. The lowest BCUT2D eigenvalue weighted by Crippen LogP contribution is -2.44. The molecular weight excluding hydrogens is 617 g/mol. The van der Waals surface area contributed by atoms with E-state index < -0.39 is 31.5 Å². The summed E-state index contributed by atoms with van der Waals surface area (Å²) in [5.41, 5.74) is 7.66. The predicted octanol–water partition coefficient (Wildman–Crippen LogP) is 7.40. The second-order valence-corrected chi connectivity index (χ2v) is 14.5. The maximum atomic E-state index is 14.9. The molecule has 0 aliphatic rings. The zero-order valence-electron chi connectivity index (χ0n) is 28.0. The second-order valence-electron chi connectivity index (χ2n) is 12.9. The third kappa shape index (κ3) is 7.93. The van der Waals surface area contributed by atoms with Gasteiger partial charge in [-0.15, -0.1) is 0 Å². The number of esters is 1. The Bertz CT molecular complexity index is 1930. The van der Waals surface area contributed by atoms with Gasteiger partial charge in [-0.3, -0.25) is 9.32 Å². The highest BCUT2D eigenvalue weighted by Crippen LogP contribution is 2.48. The van der Waals surface area contributed by atoms with Gasteiger partial charge in [0.15, 0.2) is 5.82 Å². The van der Waals surface area contributed by atoms with Crippen LogP contribution in [-0.2, 0) is 36.5 Å². The van der Waals surface area contributed by atoms with Crippen LogP contribution in [0.4, 0.5) is 5.82 Å². The van der Waals surface area contributed by atoms with Crippen molar-refractivity contribution in [3.8, 4) is 5.75 Å². The largest absolute Gasteiger partial charge is 0.459 e. The molecule has 0 saturated carbocycles. The van der Waals surface area contributed by atoms with Gasteiger partial charge in [-0.25, -0.2) is 14.5 Å². The number of nitrogen functional groups attached to an aromatic ring is 1. The number of hydrogen-bond acceptors (Lipinski definition) is 9. The zero-order valence-corrected chi connectivity index (χ0v) is 28.9. The van der Waals surface area contributed by atoms with Crippen LogP contribution in [0, 0.1) is 5.92 Å². The number of pyridine rings is 1. The number of rotatable bonds is 13. The molecule has 1 unspecified atom stereocenters. The third-order valence-corrected chi connectivity index (χ3v) is 9.14. The molecule has 0 saturated heterocycles. The molecule has 3 atom stereocenters. The van der Waals surface area contributed by atoms with Crippen LogP contribution < -0.4 is 15.3 Å². The topological polar surface area (TPSA) is 140 Å². The summed E-state index contributed by atoms with van der Waals surface area (Å²) in [5.74, 6) is 0.416. The molecule has 3 N–H and O–H groups in total. The average molecular weight is 662 g/mol. The van der Waals surface area contributed by atoms with Gasteiger partial charge in [0.1, 0.15) is 35.3 Å². The standard InChI is InChI=1S/C35H44N5O6P/c1-8-43-21-29-38-31-32(26-17-11-12-18-27(26)37-33(31)36)40(29)20-23(4)45-47(42,39-30(22(2)3)34(41)44-35(5,6)7)46-28-19-13-15-24-14-9-10-16-25(24)28/h9-19,22-23,30H,8,20-21H2,1-7H3,(H2,36,37)(H,39,42)/t23-,30+,47?/m1/s1. The molecule has 47 heavy (non-hydrogen) atoms. The highest BCUT2D eigenvalue weighted by Gasteiger charge is 2.39. The maximum absolute atomic E-state index is 14.9. The van der Waals surface area contributed by atoms with Crippen LogP contribution in [0.25, 0.3) is 32.7 Å². The lowest BCUT2D eigenvalue weighted by atomic mass is 10.1. The molecule has 5 aromatic rings. The van der Waals surface area contributed by atoms with E-state index in [9.17, 15) is 9.36 Å². The number of carbonyl (C=O) groups excluding carboxylic acids is 1. The fourth-order valence-electron chi connectivity index (χ4n) is 5.43. The van der Waals surface area contributed by atoms with E-state index in [-0.39, 0.29) is 19.1 Å². The number of carbonyl (C=O) groups is 1. The Morgan fingerprint density at radius 2 is 1.66 bits per heavy atom. The fourth-order valence-corrected chi connectivity index (χ4v) is 7.28. The molecule has 12 heteroatoms. The monoisotopic (exact) mass is 661 g/mol. The van der Waals surface area contributed by atoms with Gasteiger partial charge in [-0.1, -0.05) is 68.4 Å². The fraction of sp³-hybridized carbons (Fsp3) is 0.400. The number of aromatic nitrogens is 3. The number of benzene rings is 3. The van der Waals surface area contributed by atoms with E-state index in [1.165, 1.54) is 0 Å². The molecule has 0 fully saturated rings. The Hall–Kier alpha value is -4.02. The second kappa shape index (κ2) is 14.0. The summed E-state index contributed by atoms with van der Waals surface area (Å²) in [6, 6.07) is 19.8. The summed E-state index contributed by atoms with van der Waals surface area (Å²) < 4.78 is 40.9. The zero-order chi connectivity index (χ0) is 33.9. The summed E-state index contributed by atoms with van der Waals surface area (Å²) in [4.78, 5) is 22.7. The molecule has 3 aromatic carbocycles. The molecule has 5 rings (SSSR count). The molecule has 0 spiro atoms. The Morgan fingerprint density at radius 1 is 0.979 bits per heavy atom. The lowest BCUT2D eigenvalue weighted by Gasteiger charge is -2.31. The van der Waals surface area contributed by atoms with Gasteiger partial charge in [0.25, 0.3) is 0 Å². The molecule has 2 heterocycles. The molecule has 0 amide bonds. The van der Waals surface area contributed by atoms with E-state index in [0.717, 1.165) is 27.2 Å². The number of imidazole rings is 1. The smallest absolute Gasteiger partial charge is 0.459 e. The van der Waals surface area contributed by atoms with Crippen LogP contribution in [0.15, 0.2) is 66.7 Å². The van der Waals surface area contributed by atoms with Crippen molar-refractivity contribution in [2.75, 3.05) is 12.3 Å². The number of nitrogens with one attached hydrogen (secondary N) is 1. The first-order valence-electron chi connectivity index (χ1n) is 15.9. The Morgan fingerprint density at radius 3 is 2.36 bits per heavy atom. The van der Waals surface area contributed by atoms with E-state index in [1.807, 2.05) is 86.0 Å². The number of fused-ring (bicyclic) bond motifs is 4. The minimum atomic E-state index is -4.26. The molecule has 0 aliphatic heterocycles. The van der Waals surface area contributed by atoms with Crippen molar-refractivity contribution >= 4 is 52.2 Å². The quantitative estimate of drug-likeness (QED) is 0.0969. The number of nitrogens with zero attached hydrogens (tertiary/aromatic N) is 3. The summed E-state index contributed by atoms with van der Waals surface area (Å²) in [7, 11) is -4.26. The minimum absolute atomic E-state index is 0.218. The van der Waals surface area contributed by atoms with Gasteiger partial charge in [-0.05, 0) is 58.1 Å². The number of ether oxygens (including phenoxy) is 2. The molecule has 2 aromatic heterocycles. The number of nitrogens with two attached hydrogens (primary N) is 1. The highest BCUT2D eigenvalue weighted by atomic mass is 31.2. The molecule has 0 aliphatic carbocycles. The Labute approximate surface area is 275 Å². The van der Waals surface area contributed by atoms with Gasteiger partial charge >= 0.3 is 13.7 Å². The first-order chi connectivity index (χ1) is 22.3. The van der Waals surface area contributed by atoms with Gasteiger partial charge in [0.05, 0.1) is 23.7 Å². The van der Waals surface area contributed by atoms with Gasteiger partial charge in [-0.2, -0.15) is 5.09 Å². The highest BCUT2D eigenvalue weighted by molar-refractivity contribution is 7.52. The van der Waals surface area contributed by atoms with Crippen LogP contribution in [0.1, 0.15) is 54.3 Å². The predicted molar refractivity (Wildman–Crippen MR) is 185 cm³/mol. The summed E-state index contributed by atoms with van der Waals surface area (Å²) in [6.07, 6.45) is -0.708. The number of hydrogen-bond donors (Lipinski definition) is 2. The molecule has 11 nitrogen and oxygen atoms in total. The first kappa shape index (κ1) is 34.3. The maximum Gasteiger partial charge on any atom is 0.459 e. The first-order valence-corrected chi connectivity index (χ1v) is 17.4. The summed E-state index contributed by atoms with van der Waals surface area (Å²) in [5, 5.41) is 5.47.